The van der Waals surface area contributed by atoms with Crippen LogP contribution >= 0.6 is 0 Å². The summed E-state index contributed by atoms with van der Waals surface area (Å²) in [5, 5.41) is 0. The Bertz CT molecular complexity index is 699. The van der Waals surface area contributed by atoms with Gasteiger partial charge >= 0.3 is 0 Å². The molecule has 3 aliphatic heterocycles. The molecule has 2 amide bonds. The minimum Gasteiger partial charge on any atom is -0.379 e. The Morgan fingerprint density at radius 1 is 1.07 bits per heavy atom. The maximum absolute atomic E-state index is 12.8. The second-order valence-electron chi connectivity index (χ2n) is 7.62. The summed E-state index contributed by atoms with van der Waals surface area (Å²) >= 11 is 0. The summed E-state index contributed by atoms with van der Waals surface area (Å²) in [7, 11) is 0. The van der Waals surface area contributed by atoms with Crippen molar-refractivity contribution in [1.29, 1.82) is 0 Å². The molecule has 6 heteroatoms. The van der Waals surface area contributed by atoms with E-state index in [-0.39, 0.29) is 18.4 Å². The molecule has 144 valence electrons. The van der Waals surface area contributed by atoms with Crippen LogP contribution in [0.2, 0.25) is 0 Å². The Morgan fingerprint density at radius 3 is 2.41 bits per heavy atom. The molecule has 2 saturated heterocycles. The van der Waals surface area contributed by atoms with E-state index < -0.39 is 0 Å². The lowest BCUT2D eigenvalue weighted by atomic mass is 9.96. The number of rotatable bonds is 4. The molecule has 3 heterocycles. The zero-order chi connectivity index (χ0) is 18.8. The largest absolute Gasteiger partial charge is 0.379 e. The Balaban J connectivity index is 1.29. The quantitative estimate of drug-likeness (QED) is 0.810. The monoisotopic (exact) mass is 369 g/mol. The molecule has 0 aromatic heterocycles. The highest BCUT2D eigenvalue weighted by Crippen LogP contribution is 2.31. The third-order valence-electron chi connectivity index (χ3n) is 5.92. The number of morpholine rings is 1. The van der Waals surface area contributed by atoms with Gasteiger partial charge in [0.05, 0.1) is 13.2 Å². The van der Waals surface area contributed by atoms with Crippen molar-refractivity contribution >= 4 is 17.5 Å². The summed E-state index contributed by atoms with van der Waals surface area (Å²) in [5.74, 6) is 0.535. The van der Waals surface area contributed by atoms with Crippen molar-refractivity contribution in [3.63, 3.8) is 0 Å². The van der Waals surface area contributed by atoms with Crippen molar-refractivity contribution < 1.29 is 14.3 Å². The van der Waals surface area contributed by atoms with Gasteiger partial charge < -0.3 is 9.64 Å². The SMILES string of the molecule is C=C1c2ccccc2C(=O)N1CC(=O)N1CCC(CN2CCOCC2)CC1. The fourth-order valence-electron chi connectivity index (χ4n) is 4.25. The molecule has 27 heavy (non-hydrogen) atoms. The van der Waals surface area contributed by atoms with E-state index in [2.05, 4.69) is 11.5 Å². The number of carbonyl (C=O) groups excluding carboxylic acids is 2. The molecule has 6 nitrogen and oxygen atoms in total. The Hall–Kier alpha value is -2.18. The standard InChI is InChI=1S/C21H27N3O3/c1-16-18-4-2-3-5-19(18)21(26)24(16)15-20(25)23-8-6-17(7-9-23)14-22-10-12-27-13-11-22/h2-5,17H,1,6-15H2. The van der Waals surface area contributed by atoms with E-state index in [1.807, 2.05) is 23.1 Å². The second-order valence-corrected chi connectivity index (χ2v) is 7.62. The summed E-state index contributed by atoms with van der Waals surface area (Å²) in [6, 6.07) is 7.41. The molecular weight excluding hydrogens is 342 g/mol. The lowest BCUT2D eigenvalue weighted by Gasteiger charge is -2.36. The van der Waals surface area contributed by atoms with Crippen LogP contribution in [0.5, 0.6) is 0 Å². The van der Waals surface area contributed by atoms with Gasteiger partial charge in [0.15, 0.2) is 0 Å². The molecule has 1 aromatic rings. The lowest BCUT2D eigenvalue weighted by Crippen LogP contribution is -2.46. The first-order valence-electron chi connectivity index (χ1n) is 9.81. The zero-order valence-corrected chi connectivity index (χ0v) is 15.7. The predicted octanol–water partition coefficient (Wildman–Crippen LogP) is 1.68. The van der Waals surface area contributed by atoms with Crippen LogP contribution in [0.4, 0.5) is 0 Å². The van der Waals surface area contributed by atoms with E-state index >= 15 is 0 Å². The summed E-state index contributed by atoms with van der Waals surface area (Å²) in [6.07, 6.45) is 2.05. The molecule has 0 unspecified atom stereocenters. The van der Waals surface area contributed by atoms with Crippen LogP contribution < -0.4 is 0 Å². The highest BCUT2D eigenvalue weighted by Gasteiger charge is 2.33. The van der Waals surface area contributed by atoms with Gasteiger partial charge in [-0.2, -0.15) is 0 Å². The molecule has 0 N–H and O–H groups in total. The van der Waals surface area contributed by atoms with Crippen molar-refractivity contribution in [2.24, 2.45) is 5.92 Å². The molecule has 0 saturated carbocycles. The summed E-state index contributed by atoms with van der Waals surface area (Å²) in [5.41, 5.74) is 2.10. The van der Waals surface area contributed by atoms with Crippen LogP contribution in [0, 0.1) is 5.92 Å². The molecular formula is C21H27N3O3. The average Bonchev–Trinajstić information content (AvgIpc) is 2.94. The third kappa shape index (κ3) is 3.77. The molecule has 3 aliphatic rings. The number of hydrogen-bond donors (Lipinski definition) is 0. The fraction of sp³-hybridized carbons (Fsp3) is 0.524. The van der Waals surface area contributed by atoms with Crippen LogP contribution in [0.25, 0.3) is 5.70 Å². The number of likely N-dealkylation sites (tertiary alicyclic amines) is 1. The Labute approximate surface area is 160 Å². The van der Waals surface area contributed by atoms with Gasteiger partial charge in [-0.1, -0.05) is 24.8 Å². The van der Waals surface area contributed by atoms with Crippen molar-refractivity contribution in [1.82, 2.24) is 14.7 Å². The maximum atomic E-state index is 12.8. The molecule has 1 aromatic carbocycles. The van der Waals surface area contributed by atoms with Crippen molar-refractivity contribution in [3.05, 3.63) is 42.0 Å². The van der Waals surface area contributed by atoms with Crippen LogP contribution in [-0.2, 0) is 9.53 Å². The van der Waals surface area contributed by atoms with Gasteiger partial charge in [0.25, 0.3) is 5.91 Å². The van der Waals surface area contributed by atoms with Gasteiger partial charge in [-0.25, -0.2) is 0 Å². The first-order valence-corrected chi connectivity index (χ1v) is 9.81. The summed E-state index contributed by atoms with van der Waals surface area (Å²) < 4.78 is 5.41. The molecule has 0 aliphatic carbocycles. The molecule has 0 atom stereocenters. The number of fused-ring (bicyclic) bond motifs is 1. The van der Waals surface area contributed by atoms with Gasteiger partial charge in [0.1, 0.15) is 6.54 Å². The first kappa shape index (κ1) is 18.2. The van der Waals surface area contributed by atoms with Gasteiger partial charge in [0, 0.05) is 49.5 Å². The van der Waals surface area contributed by atoms with E-state index in [0.29, 0.717) is 17.2 Å². The van der Waals surface area contributed by atoms with Gasteiger partial charge in [-0.15, -0.1) is 0 Å². The lowest BCUT2D eigenvalue weighted by molar-refractivity contribution is -0.132. The van der Waals surface area contributed by atoms with Crippen LogP contribution in [0.1, 0.15) is 28.8 Å². The smallest absolute Gasteiger partial charge is 0.259 e. The molecule has 0 spiro atoms. The van der Waals surface area contributed by atoms with Crippen LogP contribution in [-0.4, -0.2) is 79.0 Å². The normalized spacial score (nSPS) is 21.6. The molecule has 0 radical (unpaired) electrons. The number of ether oxygens (including phenoxy) is 1. The van der Waals surface area contributed by atoms with Crippen LogP contribution in [0.3, 0.4) is 0 Å². The topological polar surface area (TPSA) is 53.1 Å². The number of amides is 2. The second kappa shape index (κ2) is 7.82. The van der Waals surface area contributed by atoms with E-state index in [0.717, 1.165) is 64.3 Å². The highest BCUT2D eigenvalue weighted by molar-refractivity contribution is 6.10. The van der Waals surface area contributed by atoms with E-state index in [9.17, 15) is 9.59 Å². The van der Waals surface area contributed by atoms with Gasteiger partial charge in [0.2, 0.25) is 5.91 Å². The third-order valence-corrected chi connectivity index (χ3v) is 5.92. The van der Waals surface area contributed by atoms with E-state index in [1.165, 1.54) is 4.90 Å². The average molecular weight is 369 g/mol. The van der Waals surface area contributed by atoms with Crippen molar-refractivity contribution in [3.8, 4) is 0 Å². The minimum absolute atomic E-state index is 0.0159. The Kier molecular flexibility index (Phi) is 5.27. The number of piperidine rings is 1. The highest BCUT2D eigenvalue weighted by atomic mass is 16.5. The fourth-order valence-corrected chi connectivity index (χ4v) is 4.25. The van der Waals surface area contributed by atoms with Gasteiger partial charge in [-0.3, -0.25) is 19.4 Å². The molecule has 0 bridgehead atoms. The number of carbonyl (C=O) groups is 2. The Morgan fingerprint density at radius 2 is 1.74 bits per heavy atom. The number of benzene rings is 1. The molecule has 4 rings (SSSR count). The summed E-state index contributed by atoms with van der Waals surface area (Å²) in [6.45, 7) is 10.4. The first-order chi connectivity index (χ1) is 13.1. The van der Waals surface area contributed by atoms with Crippen LogP contribution in [0.15, 0.2) is 30.8 Å². The van der Waals surface area contributed by atoms with Crippen molar-refractivity contribution in [2.45, 2.75) is 12.8 Å². The number of nitrogens with zero attached hydrogens (tertiary/aromatic N) is 3. The summed E-state index contributed by atoms with van der Waals surface area (Å²) in [4.78, 5) is 31.2. The van der Waals surface area contributed by atoms with E-state index in [1.54, 1.807) is 6.07 Å². The van der Waals surface area contributed by atoms with E-state index in [4.69, 9.17) is 4.74 Å². The van der Waals surface area contributed by atoms with Crippen molar-refractivity contribution in [2.75, 3.05) is 52.5 Å². The predicted molar refractivity (Wildman–Crippen MR) is 103 cm³/mol. The maximum Gasteiger partial charge on any atom is 0.259 e. The molecule has 2 fully saturated rings. The minimum atomic E-state index is -0.119. The number of hydrogen-bond acceptors (Lipinski definition) is 4. The zero-order valence-electron chi connectivity index (χ0n) is 15.7. The van der Waals surface area contributed by atoms with Gasteiger partial charge in [-0.05, 0) is 24.8 Å².